The second kappa shape index (κ2) is 12.7. The van der Waals surface area contributed by atoms with Gasteiger partial charge in [-0.05, 0) is 30.8 Å². The molecule has 36 heavy (non-hydrogen) atoms. The summed E-state index contributed by atoms with van der Waals surface area (Å²) in [5.41, 5.74) is 0. The van der Waals surface area contributed by atoms with Crippen molar-refractivity contribution in [3.63, 3.8) is 0 Å². The quantitative estimate of drug-likeness (QED) is 0.218. The Morgan fingerprint density at radius 3 is 1.56 bits per heavy atom. The molecule has 3 aliphatic rings. The molecule has 3 saturated heterocycles. The van der Waals surface area contributed by atoms with Gasteiger partial charge in [0.1, 0.15) is 51.3 Å². The molecule has 194 valence electrons. The van der Waals surface area contributed by atoms with Crippen LogP contribution in [0.1, 0.15) is 0 Å². The first-order valence-corrected chi connectivity index (χ1v) is 13.1. The van der Waals surface area contributed by atoms with E-state index in [-0.39, 0.29) is 31.5 Å². The summed E-state index contributed by atoms with van der Waals surface area (Å²) >= 11 is -0.943. The lowest BCUT2D eigenvalue weighted by Crippen LogP contribution is -2.32. The molecule has 3 aliphatic heterocycles. The molecule has 3 fully saturated rings. The number of hydrogen-bond acceptors (Lipinski definition) is 9. The largest absolute Gasteiger partial charge is 0.487 e. The molecule has 4 atom stereocenters. The first-order valence-electron chi connectivity index (χ1n) is 12.0. The first-order chi connectivity index (χ1) is 17.8. The molecular formula is C26H31O9S+. The summed E-state index contributed by atoms with van der Waals surface area (Å²) in [6.07, 6.45) is -0.0450. The van der Waals surface area contributed by atoms with Crippen molar-refractivity contribution in [3.05, 3.63) is 60.5 Å². The Morgan fingerprint density at radius 2 is 1.14 bits per heavy atom. The van der Waals surface area contributed by atoms with Crippen LogP contribution in [0.3, 0.4) is 0 Å². The zero-order valence-corrected chi connectivity index (χ0v) is 20.8. The van der Waals surface area contributed by atoms with Crippen LogP contribution in [0.2, 0.25) is 0 Å². The topological polar surface area (TPSA) is 93.0 Å². The molecule has 9 nitrogen and oxygen atoms in total. The third-order valence-corrected chi connectivity index (χ3v) is 6.44. The highest BCUT2D eigenvalue weighted by atomic mass is 32.2. The van der Waals surface area contributed by atoms with Gasteiger partial charge >= 0.3 is 11.5 Å². The Kier molecular flexibility index (Phi) is 8.86. The van der Waals surface area contributed by atoms with Gasteiger partial charge in [-0.15, -0.1) is 8.37 Å². The fourth-order valence-corrected chi connectivity index (χ4v) is 3.99. The highest BCUT2D eigenvalue weighted by Crippen LogP contribution is 2.30. The maximum atomic E-state index is 6.18. The number of para-hydroxylation sites is 4. The number of benzene rings is 2. The van der Waals surface area contributed by atoms with Gasteiger partial charge in [0, 0.05) is 0 Å². The molecule has 2 aromatic rings. The molecule has 0 bridgehead atoms. The van der Waals surface area contributed by atoms with Crippen molar-refractivity contribution in [3.8, 4) is 23.0 Å². The standard InChI is InChI=1S/C26H31O9S/c1-2-36(34-18-21-13-29-21)35-22(16-32-25-9-5-3-7-23(25)30-14-19-11-27-19)17-33-26-10-6-4-8-24(26)31-15-20-12-28-20/h2-10,19-22H,1,11-18H2/q+1. The predicted molar refractivity (Wildman–Crippen MR) is 132 cm³/mol. The van der Waals surface area contributed by atoms with Crippen molar-refractivity contribution in [1.29, 1.82) is 0 Å². The molecule has 2 aromatic carbocycles. The Balaban J connectivity index is 1.20. The van der Waals surface area contributed by atoms with E-state index in [9.17, 15) is 0 Å². The van der Waals surface area contributed by atoms with Gasteiger partial charge in [0.2, 0.25) is 0 Å². The van der Waals surface area contributed by atoms with Crippen molar-refractivity contribution < 1.29 is 41.5 Å². The lowest BCUT2D eigenvalue weighted by atomic mass is 10.3. The van der Waals surface area contributed by atoms with E-state index in [2.05, 4.69) is 6.58 Å². The van der Waals surface area contributed by atoms with Crippen LogP contribution < -0.4 is 18.9 Å². The third-order valence-electron chi connectivity index (χ3n) is 5.34. The van der Waals surface area contributed by atoms with Crippen LogP contribution in [0, 0.1) is 0 Å². The summed E-state index contributed by atoms with van der Waals surface area (Å²) in [7, 11) is 0. The van der Waals surface area contributed by atoms with Crippen LogP contribution in [0.25, 0.3) is 0 Å². The summed E-state index contributed by atoms with van der Waals surface area (Å²) in [6, 6.07) is 15.1. The molecule has 0 saturated carbocycles. The van der Waals surface area contributed by atoms with Crippen LogP contribution in [0.15, 0.2) is 60.5 Å². The van der Waals surface area contributed by atoms with Gasteiger partial charge in [0.15, 0.2) is 34.5 Å². The average molecular weight is 520 g/mol. The maximum absolute atomic E-state index is 6.18. The molecule has 5 rings (SSSR count). The van der Waals surface area contributed by atoms with Gasteiger partial charge in [-0.1, -0.05) is 24.3 Å². The SMILES string of the molecule is C=C[S+](OCC1CO1)OC(COc1ccccc1OCC1CO1)COc1ccccc1OCC1CO1. The molecule has 4 unspecified atom stereocenters. The van der Waals surface area contributed by atoms with Crippen LogP contribution in [0.4, 0.5) is 0 Å². The molecule has 0 amide bonds. The van der Waals surface area contributed by atoms with Crippen molar-refractivity contribution >= 4 is 11.5 Å². The normalized spacial score (nSPS) is 23.3. The van der Waals surface area contributed by atoms with Gasteiger partial charge in [0.05, 0.1) is 19.8 Å². The van der Waals surface area contributed by atoms with Crippen LogP contribution in [0.5, 0.6) is 23.0 Å². The van der Waals surface area contributed by atoms with Gasteiger partial charge in [-0.25, -0.2) is 0 Å². The molecule has 0 N–H and O–H groups in total. The molecule has 3 heterocycles. The fourth-order valence-electron chi connectivity index (χ4n) is 3.10. The summed E-state index contributed by atoms with van der Waals surface area (Å²) < 4.78 is 51.6. The molecule has 0 aromatic heterocycles. The van der Waals surface area contributed by atoms with Crippen LogP contribution in [-0.4, -0.2) is 77.3 Å². The number of ether oxygens (including phenoxy) is 7. The summed E-state index contributed by atoms with van der Waals surface area (Å²) in [4.78, 5) is 0. The minimum atomic E-state index is -0.943. The summed E-state index contributed by atoms with van der Waals surface area (Å²) in [5, 5.41) is 1.63. The highest BCUT2D eigenvalue weighted by Gasteiger charge is 2.33. The Hall–Kier alpha value is -2.47. The average Bonchev–Trinajstić information content (AvgIpc) is 3.77. The van der Waals surface area contributed by atoms with Crippen molar-refractivity contribution in [2.75, 3.05) is 52.9 Å². The monoisotopic (exact) mass is 519 g/mol. The summed E-state index contributed by atoms with van der Waals surface area (Å²) in [5.74, 6) is 2.54. The summed E-state index contributed by atoms with van der Waals surface area (Å²) in [6.45, 7) is 7.85. The van der Waals surface area contributed by atoms with Crippen molar-refractivity contribution in [1.82, 2.24) is 0 Å². The van der Waals surface area contributed by atoms with Gasteiger partial charge in [0.25, 0.3) is 0 Å². The molecule has 0 radical (unpaired) electrons. The Morgan fingerprint density at radius 1 is 0.722 bits per heavy atom. The molecular weight excluding hydrogens is 488 g/mol. The molecule has 0 aliphatic carbocycles. The number of hydrogen-bond donors (Lipinski definition) is 0. The number of rotatable bonds is 18. The van der Waals surface area contributed by atoms with E-state index in [4.69, 9.17) is 41.5 Å². The fraction of sp³-hybridized carbons (Fsp3) is 0.462. The van der Waals surface area contributed by atoms with E-state index in [0.717, 1.165) is 13.2 Å². The minimum Gasteiger partial charge on any atom is -0.487 e. The minimum absolute atomic E-state index is 0.119. The first kappa shape index (κ1) is 25.2. The Bertz CT molecular complexity index is 914. The zero-order valence-electron chi connectivity index (χ0n) is 20.0. The molecule has 0 spiro atoms. The van der Waals surface area contributed by atoms with Crippen LogP contribution >= 0.6 is 0 Å². The number of epoxide rings is 3. The van der Waals surface area contributed by atoms with Gasteiger partial charge in [-0.3, -0.25) is 0 Å². The van der Waals surface area contributed by atoms with Gasteiger partial charge < -0.3 is 33.2 Å². The van der Waals surface area contributed by atoms with E-state index in [0.29, 0.717) is 49.4 Å². The second-order valence-corrected chi connectivity index (χ2v) is 9.72. The Labute approximate surface area is 213 Å². The van der Waals surface area contributed by atoms with E-state index in [1.54, 1.807) is 5.41 Å². The van der Waals surface area contributed by atoms with Crippen molar-refractivity contribution in [2.45, 2.75) is 24.4 Å². The lowest BCUT2D eigenvalue weighted by Gasteiger charge is -2.18. The van der Waals surface area contributed by atoms with Crippen LogP contribution in [-0.2, 0) is 34.0 Å². The lowest BCUT2D eigenvalue weighted by molar-refractivity contribution is 0.0794. The van der Waals surface area contributed by atoms with E-state index < -0.39 is 17.6 Å². The predicted octanol–water partition coefficient (Wildman–Crippen LogP) is 3.09. The van der Waals surface area contributed by atoms with Gasteiger partial charge in [-0.2, -0.15) is 0 Å². The zero-order chi connectivity index (χ0) is 24.6. The third kappa shape index (κ3) is 8.29. The van der Waals surface area contributed by atoms with Crippen molar-refractivity contribution in [2.24, 2.45) is 0 Å². The van der Waals surface area contributed by atoms with E-state index >= 15 is 0 Å². The van der Waals surface area contributed by atoms with E-state index in [1.165, 1.54) is 0 Å². The second-order valence-electron chi connectivity index (χ2n) is 8.43. The maximum Gasteiger partial charge on any atom is 0.348 e. The molecule has 10 heteroatoms. The smallest absolute Gasteiger partial charge is 0.348 e. The highest BCUT2D eigenvalue weighted by molar-refractivity contribution is 7.90. The van der Waals surface area contributed by atoms with E-state index in [1.807, 2.05) is 48.5 Å².